The van der Waals surface area contributed by atoms with Crippen molar-refractivity contribution in [2.45, 2.75) is 25.6 Å². The molecule has 1 aliphatic rings. The van der Waals surface area contributed by atoms with Gasteiger partial charge in [0, 0.05) is 30.9 Å². The molecule has 150 valence electrons. The molecule has 0 radical (unpaired) electrons. The van der Waals surface area contributed by atoms with Crippen LogP contribution in [-0.2, 0) is 22.3 Å². The van der Waals surface area contributed by atoms with Gasteiger partial charge in [-0.05, 0) is 37.7 Å². The van der Waals surface area contributed by atoms with Crippen LogP contribution in [0.3, 0.4) is 0 Å². The molecule has 3 heterocycles. The number of hydrogen-bond donors (Lipinski definition) is 2. The molecule has 2 amide bonds. The van der Waals surface area contributed by atoms with Crippen LogP contribution in [-0.4, -0.2) is 59.6 Å². The highest BCUT2D eigenvalue weighted by molar-refractivity contribution is 7.76. The van der Waals surface area contributed by atoms with Crippen LogP contribution in [0, 0.1) is 0 Å². The van der Waals surface area contributed by atoms with Gasteiger partial charge in [-0.1, -0.05) is 0 Å². The zero-order valence-electron chi connectivity index (χ0n) is 16.5. The topological polar surface area (TPSA) is 92.3 Å². The highest BCUT2D eigenvalue weighted by atomic mass is 32.2. The Morgan fingerprint density at radius 2 is 2.25 bits per heavy atom. The Labute approximate surface area is 169 Å². The molecular weight excluding hydrogens is 376 g/mol. The Morgan fingerprint density at radius 1 is 1.39 bits per heavy atom. The van der Waals surface area contributed by atoms with Crippen LogP contribution in [0.25, 0.3) is 11.4 Å². The van der Waals surface area contributed by atoms with Gasteiger partial charge in [-0.3, -0.25) is 5.32 Å². The van der Waals surface area contributed by atoms with Crippen molar-refractivity contribution in [3.63, 3.8) is 0 Å². The maximum absolute atomic E-state index is 11.6. The summed E-state index contributed by atoms with van der Waals surface area (Å²) in [6.07, 6.45) is 3.80. The van der Waals surface area contributed by atoms with E-state index >= 15 is 0 Å². The number of hydrogen-bond acceptors (Lipinski definition) is 6. The molecule has 0 bridgehead atoms. The van der Waals surface area contributed by atoms with E-state index < -0.39 is 0 Å². The van der Waals surface area contributed by atoms with Gasteiger partial charge < -0.3 is 15.0 Å². The van der Waals surface area contributed by atoms with Crippen molar-refractivity contribution in [1.82, 2.24) is 20.3 Å². The standard InChI is InChI=1S/C19H26N6O2S/c1-4-20-19(26)23-16-6-5-14(10-21-16)18-22-15(12-28-3)9-17(24-18)25-7-8-27-11-13(25)2/h5-6,9-10,13H,4,7-8,11-12H2,1-3H3,(H2,20,21,23,26)/p+1/t13-/m0/s1. The van der Waals surface area contributed by atoms with Crippen molar-refractivity contribution >= 4 is 29.4 Å². The number of rotatable bonds is 6. The molecule has 2 N–H and O–H groups in total. The first-order chi connectivity index (χ1) is 13.6. The van der Waals surface area contributed by atoms with Gasteiger partial charge in [0.15, 0.2) is 5.82 Å². The molecule has 8 nitrogen and oxygen atoms in total. The van der Waals surface area contributed by atoms with Gasteiger partial charge in [-0.15, -0.1) is 0 Å². The van der Waals surface area contributed by atoms with Crippen molar-refractivity contribution in [2.24, 2.45) is 0 Å². The zero-order valence-corrected chi connectivity index (χ0v) is 17.4. The molecule has 28 heavy (non-hydrogen) atoms. The Kier molecular flexibility index (Phi) is 7.05. The van der Waals surface area contributed by atoms with Gasteiger partial charge in [-0.2, -0.15) is 0 Å². The number of nitrogens with zero attached hydrogens (tertiary/aromatic N) is 4. The number of nitrogens with one attached hydrogen (secondary N) is 2. The minimum absolute atomic E-state index is 0.269. The summed E-state index contributed by atoms with van der Waals surface area (Å²) < 4.78 is 5.55. The largest absolute Gasteiger partial charge is 0.377 e. The Balaban J connectivity index is 1.86. The Hall–Kier alpha value is -2.39. The summed E-state index contributed by atoms with van der Waals surface area (Å²) in [7, 11) is 0. The first kappa shape index (κ1) is 20.3. The average Bonchev–Trinajstić information content (AvgIpc) is 2.69. The summed E-state index contributed by atoms with van der Waals surface area (Å²) >= 11 is 1.25. The molecule has 0 saturated carbocycles. The number of morpholine rings is 1. The summed E-state index contributed by atoms with van der Waals surface area (Å²) in [6, 6.07) is 5.71. The van der Waals surface area contributed by atoms with Gasteiger partial charge in [0.2, 0.25) is 0 Å². The predicted octanol–water partition coefficient (Wildman–Crippen LogP) is 1.85. The smallest absolute Gasteiger partial charge is 0.320 e. The number of urea groups is 1. The quantitative estimate of drug-likeness (QED) is 0.565. The summed E-state index contributed by atoms with van der Waals surface area (Å²) in [5.74, 6) is 2.92. The number of thiol groups is 1. The van der Waals surface area contributed by atoms with Gasteiger partial charge in [0.1, 0.15) is 17.4 Å². The third-order valence-corrected chi connectivity index (χ3v) is 4.99. The number of carbonyl (C=O) groups is 1. The molecule has 1 saturated heterocycles. The van der Waals surface area contributed by atoms with Crippen molar-refractivity contribution in [1.29, 1.82) is 0 Å². The van der Waals surface area contributed by atoms with Crippen molar-refractivity contribution in [3.8, 4) is 11.4 Å². The van der Waals surface area contributed by atoms with E-state index in [0.717, 1.165) is 29.4 Å². The Bertz CT molecular complexity index is 802. The predicted molar refractivity (Wildman–Crippen MR) is 114 cm³/mol. The van der Waals surface area contributed by atoms with Crippen LogP contribution in [0.1, 0.15) is 19.5 Å². The van der Waals surface area contributed by atoms with Crippen LogP contribution in [0.2, 0.25) is 0 Å². The molecule has 1 atom stereocenters. The molecule has 1 aliphatic heterocycles. The Morgan fingerprint density at radius 3 is 2.93 bits per heavy atom. The van der Waals surface area contributed by atoms with Crippen molar-refractivity contribution < 1.29 is 9.53 Å². The average molecular weight is 404 g/mol. The lowest BCUT2D eigenvalue weighted by atomic mass is 10.2. The highest BCUT2D eigenvalue weighted by Crippen LogP contribution is 2.23. The second-order valence-corrected chi connectivity index (χ2v) is 7.50. The van der Waals surface area contributed by atoms with E-state index in [4.69, 9.17) is 14.7 Å². The summed E-state index contributed by atoms with van der Waals surface area (Å²) in [5, 5.41) is 5.38. The van der Waals surface area contributed by atoms with E-state index in [9.17, 15) is 4.79 Å². The highest BCUT2D eigenvalue weighted by Gasteiger charge is 2.22. The first-order valence-electron chi connectivity index (χ1n) is 9.40. The third-order valence-electron chi connectivity index (χ3n) is 4.35. The van der Waals surface area contributed by atoms with E-state index in [-0.39, 0.29) is 12.1 Å². The summed E-state index contributed by atoms with van der Waals surface area (Å²) in [4.78, 5) is 27.7. The SMILES string of the molecule is CCNC(=O)Nc1ccc(-c2nc(C[SH+]C)cc(N3CCOC[C@@H]3C)n2)cn1. The van der Waals surface area contributed by atoms with E-state index in [0.29, 0.717) is 31.4 Å². The zero-order chi connectivity index (χ0) is 19.9. The molecule has 1 fully saturated rings. The molecule has 0 aliphatic carbocycles. The third kappa shape index (κ3) is 5.11. The minimum atomic E-state index is -0.272. The fourth-order valence-corrected chi connectivity index (χ4v) is 3.48. The molecule has 9 heteroatoms. The van der Waals surface area contributed by atoms with Crippen LogP contribution >= 0.6 is 0 Å². The number of pyridine rings is 1. The molecule has 3 rings (SSSR count). The molecule has 0 aromatic carbocycles. The summed E-state index contributed by atoms with van der Waals surface area (Å²) in [6.45, 7) is 6.78. The van der Waals surface area contributed by atoms with Gasteiger partial charge >= 0.3 is 6.03 Å². The second-order valence-electron chi connectivity index (χ2n) is 6.55. The fraction of sp³-hybridized carbons (Fsp3) is 0.474. The lowest BCUT2D eigenvalue weighted by Crippen LogP contribution is -2.44. The maximum atomic E-state index is 11.6. The van der Waals surface area contributed by atoms with E-state index in [1.54, 1.807) is 12.3 Å². The van der Waals surface area contributed by atoms with Gasteiger partial charge in [-0.25, -0.2) is 19.7 Å². The normalized spacial score (nSPS) is 16.7. The molecule has 0 unspecified atom stereocenters. The second kappa shape index (κ2) is 9.70. The van der Waals surface area contributed by atoms with Crippen molar-refractivity contribution in [2.75, 3.05) is 42.8 Å². The number of anilines is 2. The maximum Gasteiger partial charge on any atom is 0.320 e. The van der Waals surface area contributed by atoms with Crippen LogP contribution in [0.4, 0.5) is 16.4 Å². The number of ether oxygens (including phenoxy) is 1. The molecule has 2 aromatic rings. The van der Waals surface area contributed by atoms with Gasteiger partial charge in [0.25, 0.3) is 0 Å². The molecular formula is C19H27N6O2S+. The molecule has 2 aromatic heterocycles. The van der Waals surface area contributed by atoms with Crippen LogP contribution < -0.4 is 15.5 Å². The van der Waals surface area contributed by atoms with E-state index in [1.807, 2.05) is 13.0 Å². The first-order valence-corrected chi connectivity index (χ1v) is 10.9. The lowest BCUT2D eigenvalue weighted by Gasteiger charge is -2.34. The number of amides is 2. The van der Waals surface area contributed by atoms with Crippen LogP contribution in [0.15, 0.2) is 24.4 Å². The lowest BCUT2D eigenvalue weighted by molar-refractivity contribution is 0.0985. The number of aromatic nitrogens is 3. The number of carbonyl (C=O) groups excluding carboxylic acids is 1. The van der Waals surface area contributed by atoms with E-state index in [2.05, 4.69) is 39.8 Å². The fourth-order valence-electron chi connectivity index (χ4n) is 2.99. The van der Waals surface area contributed by atoms with E-state index in [1.165, 1.54) is 11.8 Å². The molecule has 0 spiro atoms. The van der Waals surface area contributed by atoms with Crippen molar-refractivity contribution in [3.05, 3.63) is 30.1 Å². The van der Waals surface area contributed by atoms with Gasteiger partial charge in [0.05, 0.1) is 31.2 Å². The summed E-state index contributed by atoms with van der Waals surface area (Å²) in [5.41, 5.74) is 1.82. The minimum Gasteiger partial charge on any atom is -0.377 e. The monoisotopic (exact) mass is 403 g/mol. The van der Waals surface area contributed by atoms with Crippen LogP contribution in [0.5, 0.6) is 0 Å².